The Balaban J connectivity index is 1.67. The average molecular weight is 378 g/mol. The Morgan fingerprint density at radius 2 is 2.04 bits per heavy atom. The van der Waals surface area contributed by atoms with E-state index < -0.39 is 0 Å². The molecule has 3 rings (SSSR count). The normalized spacial score (nSPS) is 22.1. The van der Waals surface area contributed by atoms with Crippen LogP contribution in [0.5, 0.6) is 0 Å². The summed E-state index contributed by atoms with van der Waals surface area (Å²) >= 11 is 6.94. The molecule has 1 aliphatic rings. The number of nitrogens with zero attached hydrogens (tertiary/aromatic N) is 1. The Kier molecular flexibility index (Phi) is 5.39. The molecule has 0 atom stereocenters. The Morgan fingerprint density at radius 3 is 2.64 bits per heavy atom. The maximum Gasteiger partial charge on any atom is 0.263 e. The summed E-state index contributed by atoms with van der Waals surface area (Å²) in [5, 5.41) is 5.97. The summed E-state index contributed by atoms with van der Waals surface area (Å²) in [5.41, 5.74) is 3.44. The van der Waals surface area contributed by atoms with Crippen molar-refractivity contribution >= 4 is 34.8 Å². The number of thiazole rings is 1. The molecule has 1 aliphatic carbocycles. The molecule has 7 heteroatoms. The number of aryl methyl sites for hydroxylation is 1. The number of benzene rings is 1. The van der Waals surface area contributed by atoms with Crippen molar-refractivity contribution in [3.8, 4) is 0 Å². The molecule has 5 nitrogen and oxygen atoms in total. The van der Waals surface area contributed by atoms with E-state index in [1.165, 1.54) is 16.9 Å². The highest BCUT2D eigenvalue weighted by Crippen LogP contribution is 2.43. The Bertz CT molecular complexity index is 757. The Hall–Kier alpha value is -1.92. The number of alkyl halides is 1. The molecule has 2 amide bonds. The topological polar surface area (TPSA) is 71.1 Å². The lowest BCUT2D eigenvalue weighted by molar-refractivity contribution is -0.119. The largest absolute Gasteiger partial charge is 0.354 e. The molecule has 25 heavy (non-hydrogen) atoms. The second kappa shape index (κ2) is 7.54. The third kappa shape index (κ3) is 3.85. The van der Waals surface area contributed by atoms with Gasteiger partial charge in [0.05, 0.1) is 11.2 Å². The standard InChI is InChI=1S/C18H20ClN3O2S/c1-12-16(25-11-21-12)17(24)22-14-7-18(8-14,10-20-15(23)9-19)13-5-3-2-4-6-13/h2-6,11,14H,7-10H2,1H3,(H,20,23)(H,22,24). The fourth-order valence-corrected chi connectivity index (χ4v) is 4.15. The fraction of sp³-hybridized carbons (Fsp3) is 0.389. The van der Waals surface area contributed by atoms with Gasteiger partial charge >= 0.3 is 0 Å². The second-order valence-corrected chi connectivity index (χ2v) is 7.52. The van der Waals surface area contributed by atoms with Crippen LogP contribution in [0.4, 0.5) is 0 Å². The zero-order valence-electron chi connectivity index (χ0n) is 13.9. The van der Waals surface area contributed by atoms with E-state index in [1.807, 2.05) is 25.1 Å². The van der Waals surface area contributed by atoms with Gasteiger partial charge in [-0.3, -0.25) is 9.59 Å². The molecule has 0 bridgehead atoms. The number of hydrogen-bond donors (Lipinski definition) is 2. The van der Waals surface area contributed by atoms with Gasteiger partial charge in [-0.05, 0) is 25.3 Å². The summed E-state index contributed by atoms with van der Waals surface area (Å²) in [5.74, 6) is -0.295. The summed E-state index contributed by atoms with van der Waals surface area (Å²) < 4.78 is 0. The van der Waals surface area contributed by atoms with Gasteiger partial charge in [0.2, 0.25) is 5.91 Å². The Labute approximate surface area is 155 Å². The van der Waals surface area contributed by atoms with E-state index in [2.05, 4.69) is 27.8 Å². The minimum Gasteiger partial charge on any atom is -0.354 e. The van der Waals surface area contributed by atoms with E-state index in [0.717, 1.165) is 18.5 Å². The second-order valence-electron chi connectivity index (χ2n) is 6.40. The zero-order chi connectivity index (χ0) is 17.9. The predicted octanol–water partition coefficient (Wildman–Crippen LogP) is 2.64. The summed E-state index contributed by atoms with van der Waals surface area (Å²) in [4.78, 5) is 28.7. The van der Waals surface area contributed by atoms with Gasteiger partial charge in [0.25, 0.3) is 5.91 Å². The van der Waals surface area contributed by atoms with Crippen molar-refractivity contribution in [2.75, 3.05) is 12.4 Å². The number of carbonyl (C=O) groups excluding carboxylic acids is 2. The lowest BCUT2D eigenvalue weighted by Crippen LogP contribution is -2.57. The highest BCUT2D eigenvalue weighted by Gasteiger charge is 2.46. The van der Waals surface area contributed by atoms with Crippen molar-refractivity contribution in [3.63, 3.8) is 0 Å². The molecule has 0 spiro atoms. The quantitative estimate of drug-likeness (QED) is 0.760. The highest BCUT2D eigenvalue weighted by atomic mass is 35.5. The van der Waals surface area contributed by atoms with Gasteiger partial charge in [0, 0.05) is 18.0 Å². The van der Waals surface area contributed by atoms with Crippen molar-refractivity contribution < 1.29 is 9.59 Å². The lowest BCUT2D eigenvalue weighted by Gasteiger charge is -2.48. The number of rotatable bonds is 6. The molecule has 0 radical (unpaired) electrons. The molecular weight excluding hydrogens is 358 g/mol. The predicted molar refractivity (Wildman–Crippen MR) is 99.2 cm³/mol. The van der Waals surface area contributed by atoms with Gasteiger partial charge in [-0.15, -0.1) is 22.9 Å². The van der Waals surface area contributed by atoms with Crippen molar-refractivity contribution in [2.45, 2.75) is 31.2 Å². The molecule has 0 saturated heterocycles. The molecule has 132 valence electrons. The van der Waals surface area contributed by atoms with E-state index in [-0.39, 0.29) is 29.2 Å². The van der Waals surface area contributed by atoms with E-state index in [4.69, 9.17) is 11.6 Å². The van der Waals surface area contributed by atoms with Gasteiger partial charge in [0.15, 0.2) is 0 Å². The molecule has 0 aliphatic heterocycles. The van der Waals surface area contributed by atoms with Crippen LogP contribution < -0.4 is 10.6 Å². The van der Waals surface area contributed by atoms with Gasteiger partial charge in [0.1, 0.15) is 10.8 Å². The van der Waals surface area contributed by atoms with Crippen molar-refractivity contribution in [1.29, 1.82) is 0 Å². The first-order chi connectivity index (χ1) is 12.0. The van der Waals surface area contributed by atoms with E-state index in [1.54, 1.807) is 5.51 Å². The maximum atomic E-state index is 12.4. The van der Waals surface area contributed by atoms with Gasteiger partial charge in [-0.1, -0.05) is 30.3 Å². The molecule has 1 saturated carbocycles. The van der Waals surface area contributed by atoms with Crippen LogP contribution in [0.25, 0.3) is 0 Å². The van der Waals surface area contributed by atoms with Crippen LogP contribution in [0.3, 0.4) is 0 Å². The third-order valence-corrected chi connectivity index (χ3v) is 5.86. The smallest absolute Gasteiger partial charge is 0.263 e. The summed E-state index contributed by atoms with van der Waals surface area (Å²) in [6, 6.07) is 10.2. The van der Waals surface area contributed by atoms with Crippen LogP contribution >= 0.6 is 22.9 Å². The first-order valence-corrected chi connectivity index (χ1v) is 9.54. The van der Waals surface area contributed by atoms with Gasteiger partial charge in [-0.2, -0.15) is 0 Å². The molecule has 0 unspecified atom stereocenters. The van der Waals surface area contributed by atoms with Crippen molar-refractivity contribution in [2.24, 2.45) is 0 Å². The molecule has 1 aromatic heterocycles. The van der Waals surface area contributed by atoms with Crippen LogP contribution in [0.2, 0.25) is 0 Å². The maximum absolute atomic E-state index is 12.4. The average Bonchev–Trinajstić information content (AvgIpc) is 3.03. The molecule has 1 fully saturated rings. The van der Waals surface area contributed by atoms with Crippen LogP contribution in [-0.4, -0.2) is 35.3 Å². The molecule has 1 aromatic carbocycles. The van der Waals surface area contributed by atoms with E-state index >= 15 is 0 Å². The fourth-order valence-electron chi connectivity index (χ4n) is 3.35. The number of hydrogen-bond acceptors (Lipinski definition) is 4. The molecule has 2 aromatic rings. The lowest BCUT2D eigenvalue weighted by atomic mass is 9.61. The number of carbonyl (C=O) groups is 2. The van der Waals surface area contributed by atoms with Crippen molar-refractivity contribution in [3.05, 3.63) is 52.0 Å². The summed E-state index contributed by atoms with van der Waals surface area (Å²) in [6.07, 6.45) is 1.56. The van der Waals surface area contributed by atoms with Crippen LogP contribution in [0.15, 0.2) is 35.8 Å². The third-order valence-electron chi connectivity index (χ3n) is 4.69. The minimum atomic E-state index is -0.176. The van der Waals surface area contributed by atoms with Crippen molar-refractivity contribution in [1.82, 2.24) is 15.6 Å². The number of amides is 2. The SMILES string of the molecule is Cc1ncsc1C(=O)NC1CC(CNC(=O)CCl)(c2ccccc2)C1. The first kappa shape index (κ1) is 17.9. The number of aromatic nitrogens is 1. The molecular formula is C18H20ClN3O2S. The number of nitrogens with one attached hydrogen (secondary N) is 2. The molecule has 1 heterocycles. The Morgan fingerprint density at radius 1 is 1.32 bits per heavy atom. The molecule has 2 N–H and O–H groups in total. The summed E-state index contributed by atoms with van der Waals surface area (Å²) in [6.45, 7) is 2.36. The van der Waals surface area contributed by atoms with Gasteiger partial charge < -0.3 is 10.6 Å². The number of halogens is 1. The monoisotopic (exact) mass is 377 g/mol. The first-order valence-electron chi connectivity index (χ1n) is 8.13. The highest BCUT2D eigenvalue weighted by molar-refractivity contribution is 7.11. The van der Waals surface area contributed by atoms with Crippen LogP contribution in [0, 0.1) is 6.92 Å². The summed E-state index contributed by atoms with van der Waals surface area (Å²) in [7, 11) is 0. The van der Waals surface area contributed by atoms with E-state index in [9.17, 15) is 9.59 Å². The van der Waals surface area contributed by atoms with Crippen LogP contribution in [-0.2, 0) is 10.2 Å². The van der Waals surface area contributed by atoms with Gasteiger partial charge in [-0.25, -0.2) is 4.98 Å². The van der Waals surface area contributed by atoms with E-state index in [0.29, 0.717) is 11.4 Å². The zero-order valence-corrected chi connectivity index (χ0v) is 15.5. The van der Waals surface area contributed by atoms with Crippen LogP contribution in [0.1, 0.15) is 33.8 Å². The minimum absolute atomic E-state index is 0.0459.